The Morgan fingerprint density at radius 2 is 1.74 bits per heavy atom. The third kappa shape index (κ3) is 3.68. The van der Waals surface area contributed by atoms with Gasteiger partial charge in [-0.3, -0.25) is 10.1 Å². The molecule has 5 rings (SSSR count). The van der Waals surface area contributed by atoms with E-state index in [4.69, 9.17) is 9.73 Å². The van der Waals surface area contributed by atoms with Gasteiger partial charge in [-0.15, -0.1) is 0 Å². The van der Waals surface area contributed by atoms with Crippen LogP contribution in [-0.2, 0) is 22.6 Å². The van der Waals surface area contributed by atoms with Crippen molar-refractivity contribution < 1.29 is 14.3 Å². The number of aliphatic imine (C=N–C) groups is 1. The van der Waals surface area contributed by atoms with Crippen molar-refractivity contribution in [2.24, 2.45) is 4.99 Å². The Balaban J connectivity index is 1.46. The molecule has 1 atom stereocenters. The van der Waals surface area contributed by atoms with Gasteiger partial charge in [0.25, 0.3) is 5.91 Å². The molecule has 0 radical (unpaired) electrons. The van der Waals surface area contributed by atoms with Gasteiger partial charge in [0.15, 0.2) is 0 Å². The Morgan fingerprint density at radius 1 is 1.00 bits per heavy atom. The Hall–Kier alpha value is -3.93. The maximum absolute atomic E-state index is 13.3. The first-order valence-electron chi connectivity index (χ1n) is 10.2. The second-order valence-corrected chi connectivity index (χ2v) is 7.51. The van der Waals surface area contributed by atoms with E-state index in [-0.39, 0.29) is 12.5 Å². The summed E-state index contributed by atoms with van der Waals surface area (Å²) in [6.07, 6.45) is -0.956. The number of ether oxygens (including phenoxy) is 1. The summed E-state index contributed by atoms with van der Waals surface area (Å²) in [5, 5.41) is 2.66. The highest BCUT2D eigenvalue weighted by atomic mass is 16.5. The average Bonchev–Trinajstić information content (AvgIpc) is 3.21. The van der Waals surface area contributed by atoms with Crippen LogP contribution in [0.4, 0.5) is 10.5 Å². The molecule has 0 bridgehead atoms. The molecule has 6 nitrogen and oxygen atoms in total. The number of benzene rings is 3. The summed E-state index contributed by atoms with van der Waals surface area (Å²) in [4.78, 5) is 32.2. The fourth-order valence-electron chi connectivity index (χ4n) is 4.07. The molecule has 2 amide bonds. The van der Waals surface area contributed by atoms with Gasteiger partial charge in [0, 0.05) is 17.7 Å². The van der Waals surface area contributed by atoms with Crippen LogP contribution in [0.15, 0.2) is 83.9 Å². The summed E-state index contributed by atoms with van der Waals surface area (Å²) in [6, 6.07) is 25.1. The van der Waals surface area contributed by atoms with Gasteiger partial charge in [-0.2, -0.15) is 0 Å². The quantitative estimate of drug-likeness (QED) is 0.712. The van der Waals surface area contributed by atoms with Crippen molar-refractivity contribution in [2.45, 2.75) is 19.2 Å². The highest BCUT2D eigenvalue weighted by Crippen LogP contribution is 2.36. The summed E-state index contributed by atoms with van der Waals surface area (Å²) >= 11 is 0. The van der Waals surface area contributed by atoms with E-state index in [1.807, 2.05) is 78.9 Å². The van der Waals surface area contributed by atoms with E-state index in [0.29, 0.717) is 12.3 Å². The van der Waals surface area contributed by atoms with E-state index in [0.717, 1.165) is 34.4 Å². The predicted molar refractivity (Wildman–Crippen MR) is 118 cm³/mol. The van der Waals surface area contributed by atoms with Crippen molar-refractivity contribution in [1.29, 1.82) is 0 Å². The Morgan fingerprint density at radius 3 is 2.52 bits per heavy atom. The number of anilines is 1. The van der Waals surface area contributed by atoms with Gasteiger partial charge in [-0.1, -0.05) is 78.9 Å². The molecule has 2 aliphatic heterocycles. The number of carbonyl (C=O) groups is 2. The van der Waals surface area contributed by atoms with Crippen LogP contribution in [0.5, 0.6) is 0 Å². The summed E-state index contributed by atoms with van der Waals surface area (Å²) in [6.45, 7) is 0.691. The molecule has 3 aromatic carbocycles. The second-order valence-electron chi connectivity index (χ2n) is 7.51. The lowest BCUT2D eigenvalue weighted by atomic mass is 9.98. The SMILES string of the molecule is O=C(NC1N=C(c2ccccc2)c2cccc3c2N(CC3)C1=O)OCc1ccccc1. The molecule has 1 unspecified atom stereocenters. The van der Waals surface area contributed by atoms with Crippen molar-refractivity contribution in [3.63, 3.8) is 0 Å². The van der Waals surface area contributed by atoms with E-state index < -0.39 is 12.3 Å². The molecule has 1 N–H and O–H groups in total. The molecule has 6 heteroatoms. The third-order valence-corrected chi connectivity index (χ3v) is 5.52. The average molecular weight is 411 g/mol. The van der Waals surface area contributed by atoms with Crippen LogP contribution in [0, 0.1) is 0 Å². The van der Waals surface area contributed by atoms with Gasteiger partial charge >= 0.3 is 6.09 Å². The first-order chi connectivity index (χ1) is 15.2. The van der Waals surface area contributed by atoms with Gasteiger partial charge in [-0.25, -0.2) is 9.79 Å². The predicted octanol–water partition coefficient (Wildman–Crippen LogP) is 3.68. The van der Waals surface area contributed by atoms with Crippen molar-refractivity contribution >= 4 is 23.4 Å². The van der Waals surface area contributed by atoms with Gasteiger partial charge in [0.05, 0.1) is 11.4 Å². The standard InChI is InChI=1S/C25H21N3O3/c29-24-23(27-25(30)31-16-17-8-3-1-4-9-17)26-21(18-10-5-2-6-11-18)20-13-7-12-19-14-15-28(24)22(19)20/h1-13,23H,14-16H2,(H,27,30). The maximum Gasteiger partial charge on any atom is 0.409 e. The van der Waals surface area contributed by atoms with E-state index in [1.54, 1.807) is 4.90 Å². The Bertz CT molecular complexity index is 1160. The zero-order valence-electron chi connectivity index (χ0n) is 16.8. The molecule has 0 aliphatic carbocycles. The topological polar surface area (TPSA) is 71.0 Å². The molecule has 2 heterocycles. The van der Waals surface area contributed by atoms with E-state index in [2.05, 4.69) is 5.32 Å². The van der Waals surface area contributed by atoms with Crippen LogP contribution >= 0.6 is 0 Å². The first kappa shape index (κ1) is 19.1. The molecule has 0 spiro atoms. The van der Waals surface area contributed by atoms with Crippen LogP contribution in [0.1, 0.15) is 22.3 Å². The van der Waals surface area contributed by atoms with Gasteiger partial charge in [0.1, 0.15) is 6.61 Å². The number of alkyl carbamates (subject to hydrolysis) is 1. The number of rotatable bonds is 4. The number of nitrogens with zero attached hydrogens (tertiary/aromatic N) is 2. The largest absolute Gasteiger partial charge is 0.445 e. The van der Waals surface area contributed by atoms with Crippen LogP contribution < -0.4 is 10.2 Å². The number of amides is 2. The van der Waals surface area contributed by atoms with E-state index in [9.17, 15) is 9.59 Å². The van der Waals surface area contributed by atoms with E-state index >= 15 is 0 Å². The second kappa shape index (κ2) is 8.07. The van der Waals surface area contributed by atoms with Crippen molar-refractivity contribution in [3.05, 3.63) is 101 Å². The lowest BCUT2D eigenvalue weighted by Gasteiger charge is -2.20. The number of hydrogen-bond donors (Lipinski definition) is 1. The molecule has 0 aromatic heterocycles. The summed E-state index contributed by atoms with van der Waals surface area (Å²) in [5.41, 5.74) is 5.34. The highest BCUT2D eigenvalue weighted by molar-refractivity contribution is 6.21. The van der Waals surface area contributed by atoms with Crippen LogP contribution in [0.25, 0.3) is 0 Å². The molecule has 0 saturated heterocycles. The van der Waals surface area contributed by atoms with Gasteiger partial charge < -0.3 is 9.64 Å². The maximum atomic E-state index is 13.3. The minimum absolute atomic E-state index is 0.122. The summed E-state index contributed by atoms with van der Waals surface area (Å²) in [5.74, 6) is -0.256. The van der Waals surface area contributed by atoms with Crippen LogP contribution in [-0.4, -0.2) is 30.4 Å². The third-order valence-electron chi connectivity index (χ3n) is 5.52. The van der Waals surface area contributed by atoms with Gasteiger partial charge in [-0.05, 0) is 17.5 Å². The fourth-order valence-corrected chi connectivity index (χ4v) is 4.07. The fraction of sp³-hybridized carbons (Fsp3) is 0.160. The number of carbonyl (C=O) groups excluding carboxylic acids is 2. The molecule has 0 fully saturated rings. The highest BCUT2D eigenvalue weighted by Gasteiger charge is 2.37. The summed E-state index contributed by atoms with van der Waals surface area (Å²) in [7, 11) is 0. The lowest BCUT2D eigenvalue weighted by Crippen LogP contribution is -2.47. The molecule has 2 aliphatic rings. The lowest BCUT2D eigenvalue weighted by molar-refractivity contribution is -0.120. The molecule has 0 saturated carbocycles. The smallest absolute Gasteiger partial charge is 0.409 e. The molecular formula is C25H21N3O3. The van der Waals surface area contributed by atoms with Crippen molar-refractivity contribution in [3.8, 4) is 0 Å². The number of para-hydroxylation sites is 1. The molecular weight excluding hydrogens is 390 g/mol. The normalized spacial score (nSPS) is 16.9. The van der Waals surface area contributed by atoms with E-state index in [1.165, 1.54) is 0 Å². The van der Waals surface area contributed by atoms with Crippen molar-refractivity contribution in [2.75, 3.05) is 11.4 Å². The zero-order valence-corrected chi connectivity index (χ0v) is 16.8. The van der Waals surface area contributed by atoms with Crippen molar-refractivity contribution in [1.82, 2.24) is 5.32 Å². The Kier molecular flexibility index (Phi) is 4.96. The number of nitrogens with one attached hydrogen (secondary N) is 1. The zero-order chi connectivity index (χ0) is 21.2. The van der Waals surface area contributed by atoms with Crippen LogP contribution in [0.2, 0.25) is 0 Å². The Labute approximate surface area is 180 Å². The minimum atomic E-state index is -1.06. The van der Waals surface area contributed by atoms with Crippen LogP contribution in [0.3, 0.4) is 0 Å². The minimum Gasteiger partial charge on any atom is -0.445 e. The summed E-state index contributed by atoms with van der Waals surface area (Å²) < 4.78 is 5.33. The molecule has 31 heavy (non-hydrogen) atoms. The molecule has 154 valence electrons. The molecule has 3 aromatic rings. The monoisotopic (exact) mass is 411 g/mol. The number of hydrogen-bond acceptors (Lipinski definition) is 4. The first-order valence-corrected chi connectivity index (χ1v) is 10.2. The van der Waals surface area contributed by atoms with Gasteiger partial charge in [0.2, 0.25) is 6.17 Å².